The zero-order valence-corrected chi connectivity index (χ0v) is 18.5. The van der Waals surface area contributed by atoms with E-state index in [1.165, 1.54) is 0 Å². The van der Waals surface area contributed by atoms with Crippen LogP contribution in [0.4, 0.5) is 0 Å². The molecule has 1 aromatic carbocycles. The van der Waals surface area contributed by atoms with Gasteiger partial charge in [0.15, 0.2) is 0 Å². The number of piperidine rings is 3. The highest BCUT2D eigenvalue weighted by molar-refractivity contribution is 7.79. The first kappa shape index (κ1) is 23.9. The predicted molar refractivity (Wildman–Crippen MR) is 115 cm³/mol. The molecule has 3 fully saturated rings. The lowest BCUT2D eigenvalue weighted by Crippen LogP contribution is -2.59. The molecular formula is C20H25ClN2O7S. The number of aromatic nitrogens is 1. The second-order valence-corrected chi connectivity index (χ2v) is 9.08. The van der Waals surface area contributed by atoms with Crippen molar-refractivity contribution in [3.05, 3.63) is 48.7 Å². The molecule has 0 amide bonds. The first-order valence-electron chi connectivity index (χ1n) is 9.62. The van der Waals surface area contributed by atoms with Gasteiger partial charge in [-0.15, -0.1) is 6.58 Å². The Kier molecular flexibility index (Phi) is 7.21. The van der Waals surface area contributed by atoms with E-state index in [1.54, 1.807) is 13.3 Å². The van der Waals surface area contributed by atoms with Crippen molar-refractivity contribution in [2.75, 3.05) is 20.2 Å². The Morgan fingerprint density at radius 1 is 1.35 bits per heavy atom. The van der Waals surface area contributed by atoms with Crippen LogP contribution in [-0.2, 0) is 20.3 Å². The van der Waals surface area contributed by atoms with E-state index < -0.39 is 15.5 Å². The van der Waals surface area contributed by atoms with Crippen LogP contribution in [0.5, 0.6) is 5.75 Å². The van der Waals surface area contributed by atoms with Gasteiger partial charge in [-0.25, -0.2) is 10.1 Å². The Bertz CT molecular complexity index is 1040. The summed E-state index contributed by atoms with van der Waals surface area (Å²) in [5, 5.41) is 9.35. The Labute approximate surface area is 185 Å². The fourth-order valence-corrected chi connectivity index (χ4v) is 4.95. The molecule has 3 aliphatic heterocycles. The summed E-state index contributed by atoms with van der Waals surface area (Å²) < 4.78 is 36.9. The lowest BCUT2D eigenvalue weighted by molar-refractivity contribution is -0.319. The minimum absolute atomic E-state index is 0.124. The van der Waals surface area contributed by atoms with Gasteiger partial charge in [0.05, 0.1) is 18.7 Å². The minimum atomic E-state index is -4.67. The third kappa shape index (κ3) is 5.17. The van der Waals surface area contributed by atoms with E-state index in [-0.39, 0.29) is 6.04 Å². The van der Waals surface area contributed by atoms with E-state index in [1.807, 2.05) is 30.3 Å². The molecule has 5 rings (SSSR count). The molecule has 0 radical (unpaired) electrons. The van der Waals surface area contributed by atoms with Gasteiger partial charge < -0.3 is 4.74 Å². The van der Waals surface area contributed by atoms with Crippen molar-refractivity contribution in [1.29, 1.82) is 0 Å². The van der Waals surface area contributed by atoms with Gasteiger partial charge in [-0.1, -0.05) is 17.7 Å². The number of ether oxygens (including phenoxy) is 1. The van der Waals surface area contributed by atoms with Crippen molar-refractivity contribution < 1.29 is 32.4 Å². The summed E-state index contributed by atoms with van der Waals surface area (Å²) in [7, 11) is -3.05. The molecule has 1 aromatic heterocycles. The van der Waals surface area contributed by atoms with Crippen LogP contribution in [0.25, 0.3) is 10.9 Å². The monoisotopic (exact) mass is 472 g/mol. The maximum atomic E-state index is 9.90. The Morgan fingerprint density at radius 2 is 2.06 bits per heavy atom. The molecule has 9 nitrogen and oxygen atoms in total. The molecule has 2 aromatic rings. The van der Waals surface area contributed by atoms with Gasteiger partial charge >= 0.3 is 10.4 Å². The van der Waals surface area contributed by atoms with Crippen LogP contribution in [0.15, 0.2) is 43.1 Å². The minimum Gasteiger partial charge on any atom is -0.497 e. The molecule has 0 spiro atoms. The molecule has 1 unspecified atom stereocenters. The van der Waals surface area contributed by atoms with Gasteiger partial charge in [0.25, 0.3) is 0 Å². The van der Waals surface area contributed by atoms with E-state index in [9.17, 15) is 5.26 Å². The number of rotatable bonds is 5. The molecule has 2 bridgehead atoms. The topological polar surface area (TPSA) is 129 Å². The zero-order valence-electron chi connectivity index (χ0n) is 16.9. The summed E-state index contributed by atoms with van der Waals surface area (Å²) in [4.78, 5) is 11.7. The van der Waals surface area contributed by atoms with Crippen LogP contribution < -0.4 is 4.74 Å². The Morgan fingerprint density at radius 3 is 2.61 bits per heavy atom. The lowest BCUT2D eigenvalue weighted by atomic mass is 9.73. The van der Waals surface area contributed by atoms with E-state index >= 15 is 0 Å². The second kappa shape index (κ2) is 9.37. The predicted octanol–water partition coefficient (Wildman–Crippen LogP) is 3.37. The number of hydrogen-bond acceptors (Lipinski definition) is 7. The molecule has 0 aliphatic carbocycles. The van der Waals surface area contributed by atoms with E-state index in [2.05, 4.69) is 16.5 Å². The summed E-state index contributed by atoms with van der Waals surface area (Å²) in [5.74, 6) is 1.69. The molecule has 170 valence electrons. The van der Waals surface area contributed by atoms with Crippen molar-refractivity contribution in [3.8, 4) is 5.75 Å². The maximum Gasteiger partial charge on any atom is 0.394 e. The van der Waals surface area contributed by atoms with Crippen LogP contribution in [0, 0.1) is 11.8 Å². The van der Waals surface area contributed by atoms with Gasteiger partial charge in [0.2, 0.25) is 5.06 Å². The van der Waals surface area contributed by atoms with E-state index in [0.717, 1.165) is 36.8 Å². The molecule has 0 saturated carbocycles. The molecule has 3 N–H and O–H groups in total. The average Bonchev–Trinajstić information content (AvgIpc) is 2.76. The van der Waals surface area contributed by atoms with Gasteiger partial charge in [-0.3, -0.25) is 19.0 Å². The van der Waals surface area contributed by atoms with Crippen molar-refractivity contribution >= 4 is 32.9 Å². The largest absolute Gasteiger partial charge is 0.497 e. The smallest absolute Gasteiger partial charge is 0.394 e. The van der Waals surface area contributed by atoms with Crippen LogP contribution in [0.2, 0.25) is 0 Å². The van der Waals surface area contributed by atoms with Crippen LogP contribution >= 0.6 is 11.6 Å². The summed E-state index contributed by atoms with van der Waals surface area (Å²) in [6.07, 6.45) is 5.71. The van der Waals surface area contributed by atoms with Crippen LogP contribution in [0.1, 0.15) is 18.4 Å². The number of nitrogens with zero attached hydrogens (tertiary/aromatic N) is 2. The maximum absolute atomic E-state index is 9.90. The quantitative estimate of drug-likeness (QED) is 0.197. The molecule has 3 aliphatic rings. The average molecular weight is 473 g/mol. The Hall–Kier alpha value is -1.79. The number of hydrogen-bond donors (Lipinski definition) is 3. The van der Waals surface area contributed by atoms with E-state index in [4.69, 9.17) is 38.7 Å². The molecule has 3 saturated heterocycles. The first-order chi connectivity index (χ1) is 14.6. The SMILES string of the molecule is C=C[C@H]1CN2CC[C@H]1C[C@H]2[C@](Cl)(OO)c1ccnc2ccc(OC)cc12.O=S(=O)(O)O. The standard InChI is InChI=1S/C20H23ClN2O3.H2O4S/c1-3-13-12-23-9-7-14(13)10-19(23)20(21,26-24)17-6-8-22-18-5-4-15(25-2)11-16(17)18;1-5(2,3)4/h3-6,8,11,13-14,19,24H,1,7,9-10,12H2,2H3;(H2,1,2,3,4)/t13-,14-,19-,20+;/m0./s1. The lowest BCUT2D eigenvalue weighted by Gasteiger charge is -2.53. The number of halogens is 1. The molecule has 4 heterocycles. The fraction of sp³-hybridized carbons (Fsp3) is 0.450. The number of alkyl halides is 1. The molecule has 11 heteroatoms. The highest BCUT2D eigenvalue weighted by Crippen LogP contribution is 2.48. The van der Waals surface area contributed by atoms with Crippen LogP contribution in [0.3, 0.4) is 0 Å². The molecule has 31 heavy (non-hydrogen) atoms. The third-order valence-corrected chi connectivity index (χ3v) is 6.51. The van der Waals surface area contributed by atoms with Gasteiger partial charge in [0, 0.05) is 23.7 Å². The van der Waals surface area contributed by atoms with Gasteiger partial charge in [-0.05, 0) is 55.5 Å². The highest BCUT2D eigenvalue weighted by Gasteiger charge is 2.51. The number of fused-ring (bicyclic) bond motifs is 4. The molecular weight excluding hydrogens is 448 g/mol. The van der Waals surface area contributed by atoms with Crippen molar-refractivity contribution in [3.63, 3.8) is 0 Å². The van der Waals surface area contributed by atoms with E-state index in [0.29, 0.717) is 23.1 Å². The van der Waals surface area contributed by atoms with Crippen molar-refractivity contribution in [1.82, 2.24) is 9.88 Å². The highest BCUT2D eigenvalue weighted by atomic mass is 35.5. The first-order valence-corrected chi connectivity index (χ1v) is 11.4. The number of benzene rings is 1. The molecule has 5 atom stereocenters. The summed E-state index contributed by atoms with van der Waals surface area (Å²) in [5.41, 5.74) is 1.49. The summed E-state index contributed by atoms with van der Waals surface area (Å²) in [6.45, 7) is 5.81. The van der Waals surface area contributed by atoms with Crippen molar-refractivity contribution in [2.24, 2.45) is 11.8 Å². The number of pyridine rings is 1. The zero-order chi connectivity index (χ0) is 22.8. The third-order valence-electron chi connectivity index (χ3n) is 5.98. The Balaban J connectivity index is 0.000000491. The van der Waals surface area contributed by atoms with Crippen molar-refractivity contribution in [2.45, 2.75) is 23.9 Å². The van der Waals surface area contributed by atoms with Gasteiger partial charge in [-0.2, -0.15) is 8.42 Å². The number of methoxy groups -OCH3 is 1. The fourth-order valence-electron chi connectivity index (χ4n) is 4.56. The summed E-state index contributed by atoms with van der Waals surface area (Å²) >= 11 is 6.98. The normalized spacial score (nSPS) is 27.1. The van der Waals surface area contributed by atoms with Gasteiger partial charge in [0.1, 0.15) is 5.75 Å². The summed E-state index contributed by atoms with van der Waals surface area (Å²) in [6, 6.07) is 7.32. The van der Waals surface area contributed by atoms with Crippen LogP contribution in [-0.4, -0.2) is 58.9 Å². The second-order valence-electron chi connectivity index (χ2n) is 7.62.